The van der Waals surface area contributed by atoms with Crippen LogP contribution >= 0.6 is 46.6 Å². The van der Waals surface area contributed by atoms with Crippen molar-refractivity contribution in [3.05, 3.63) is 66.2 Å². The Kier molecular flexibility index (Phi) is 7.76. The summed E-state index contributed by atoms with van der Waals surface area (Å²) in [5.41, 5.74) is 0.758. The predicted octanol–water partition coefficient (Wildman–Crippen LogP) is 3.78. The van der Waals surface area contributed by atoms with Crippen molar-refractivity contribution < 1.29 is 19.1 Å². The molecule has 7 nitrogen and oxygen atoms in total. The number of fused-ring (bicyclic) bond motifs is 1. The van der Waals surface area contributed by atoms with E-state index in [0.29, 0.717) is 5.75 Å². The van der Waals surface area contributed by atoms with Gasteiger partial charge in [0, 0.05) is 11.4 Å². The maximum atomic E-state index is 13.2. The summed E-state index contributed by atoms with van der Waals surface area (Å²) in [6, 6.07) is 16.9. The first kappa shape index (κ1) is 25.9. The second kappa shape index (κ2) is 10.5. The second-order valence-electron chi connectivity index (χ2n) is 8.69. The number of anilines is 1. The van der Waals surface area contributed by atoms with Gasteiger partial charge in [-0.15, -0.1) is 11.8 Å². The van der Waals surface area contributed by atoms with E-state index in [1.165, 1.54) is 16.7 Å². The van der Waals surface area contributed by atoms with Gasteiger partial charge < -0.3 is 20.3 Å². The molecule has 2 aliphatic rings. The number of para-hydroxylation sites is 1. The van der Waals surface area contributed by atoms with E-state index < -0.39 is 39.4 Å². The van der Waals surface area contributed by atoms with Crippen molar-refractivity contribution in [2.75, 3.05) is 17.7 Å². The van der Waals surface area contributed by atoms with Crippen molar-refractivity contribution >= 4 is 70.0 Å². The largest absolute Gasteiger partial charge is 0.460 e. The van der Waals surface area contributed by atoms with Crippen molar-refractivity contribution in [2.45, 2.75) is 40.1 Å². The first-order valence-corrected chi connectivity index (χ1v) is 13.1. The number of β-lactam (4-membered cyclic amide) rings is 1. The molecule has 2 aromatic rings. The summed E-state index contributed by atoms with van der Waals surface area (Å²) < 4.78 is 3.53. The monoisotopic (exact) mass is 555 g/mol. The van der Waals surface area contributed by atoms with Crippen molar-refractivity contribution in [3.63, 3.8) is 0 Å². The molecule has 11 heteroatoms. The molecule has 0 spiro atoms. The molecule has 0 saturated carbocycles. The first-order valence-electron chi connectivity index (χ1n) is 10.9. The van der Waals surface area contributed by atoms with Crippen molar-refractivity contribution in [3.8, 4) is 0 Å². The summed E-state index contributed by atoms with van der Waals surface area (Å²) in [4.78, 5) is 40.5. The zero-order chi connectivity index (χ0) is 25.2. The zero-order valence-electron chi connectivity index (χ0n) is 18.7. The molecule has 4 rings (SSSR count). The molecule has 0 bridgehead atoms. The third-order valence-corrected chi connectivity index (χ3v) is 7.78. The van der Waals surface area contributed by atoms with Crippen LogP contribution in [0.25, 0.3) is 0 Å². The summed E-state index contributed by atoms with van der Waals surface area (Å²) >= 11 is 18.8. The minimum Gasteiger partial charge on any atom is -0.460 e. The van der Waals surface area contributed by atoms with E-state index in [1.54, 1.807) is 0 Å². The Hall–Kier alpha value is -2.13. The van der Waals surface area contributed by atoms with Gasteiger partial charge in [0.2, 0.25) is 15.6 Å². The summed E-state index contributed by atoms with van der Waals surface area (Å²) in [7, 11) is 0. The summed E-state index contributed by atoms with van der Waals surface area (Å²) in [5, 5.41) is 5.78. The number of hydrogen-bond acceptors (Lipinski definition) is 6. The minimum absolute atomic E-state index is 0.157. The number of benzene rings is 2. The van der Waals surface area contributed by atoms with Crippen LogP contribution in [0, 0.1) is 0 Å². The maximum Gasteiger partial charge on any atom is 0.331 e. The molecule has 186 valence electrons. The van der Waals surface area contributed by atoms with Crippen molar-refractivity contribution in [1.82, 2.24) is 10.2 Å². The summed E-state index contributed by atoms with van der Waals surface area (Å²) in [6.07, 6.45) is 0.157. The van der Waals surface area contributed by atoms with Crippen LogP contribution in [0.15, 0.2) is 60.7 Å². The lowest BCUT2D eigenvalue weighted by Gasteiger charge is -2.58. The third-order valence-electron chi connectivity index (χ3n) is 5.84. The number of ether oxygens (including phenoxy) is 1. The Morgan fingerprint density at radius 2 is 1.74 bits per heavy atom. The molecular weight excluding hydrogens is 533 g/mol. The Balaban J connectivity index is 1.52. The molecule has 35 heavy (non-hydrogen) atoms. The number of carbonyl (C=O) groups excluding carboxylic acids is 3. The van der Waals surface area contributed by atoms with Crippen LogP contribution in [-0.4, -0.2) is 61.8 Å². The SMILES string of the molecule is CC1(Nc2ccccc2)CS[C@@H]2C(NC(=O)Cc3ccccc3)C(=O)N2C1C(=O)OCC(Cl)(Cl)Cl. The normalized spacial score (nSPS) is 25.8. The number of alkyl halides is 3. The van der Waals surface area contributed by atoms with E-state index in [4.69, 9.17) is 39.5 Å². The zero-order valence-corrected chi connectivity index (χ0v) is 21.8. The van der Waals surface area contributed by atoms with Crippen LogP contribution in [0.2, 0.25) is 0 Å². The van der Waals surface area contributed by atoms with Gasteiger partial charge in [-0.3, -0.25) is 9.59 Å². The maximum absolute atomic E-state index is 13.2. The number of carbonyl (C=O) groups is 3. The van der Waals surface area contributed by atoms with Gasteiger partial charge in [-0.2, -0.15) is 0 Å². The van der Waals surface area contributed by atoms with Gasteiger partial charge in [0.25, 0.3) is 0 Å². The predicted molar refractivity (Wildman–Crippen MR) is 139 cm³/mol. The smallest absolute Gasteiger partial charge is 0.331 e. The highest BCUT2D eigenvalue weighted by atomic mass is 35.6. The van der Waals surface area contributed by atoms with E-state index >= 15 is 0 Å². The van der Waals surface area contributed by atoms with Crippen LogP contribution in [0.4, 0.5) is 5.69 Å². The van der Waals surface area contributed by atoms with E-state index in [0.717, 1.165) is 11.3 Å². The van der Waals surface area contributed by atoms with Gasteiger partial charge in [-0.05, 0) is 24.6 Å². The number of halogens is 3. The van der Waals surface area contributed by atoms with Crippen LogP contribution in [0.1, 0.15) is 12.5 Å². The highest BCUT2D eigenvalue weighted by Gasteiger charge is 2.62. The van der Waals surface area contributed by atoms with Gasteiger partial charge in [0.15, 0.2) is 6.04 Å². The van der Waals surface area contributed by atoms with Crippen LogP contribution < -0.4 is 10.6 Å². The number of hydrogen-bond donors (Lipinski definition) is 2. The molecule has 2 heterocycles. The highest BCUT2D eigenvalue weighted by molar-refractivity contribution is 8.00. The Labute approximate surface area is 222 Å². The van der Waals surface area contributed by atoms with Gasteiger partial charge in [0.1, 0.15) is 18.0 Å². The van der Waals surface area contributed by atoms with E-state index in [2.05, 4.69) is 10.6 Å². The van der Waals surface area contributed by atoms with Gasteiger partial charge in [0.05, 0.1) is 12.0 Å². The Morgan fingerprint density at radius 3 is 2.37 bits per heavy atom. The fourth-order valence-electron chi connectivity index (χ4n) is 4.28. The molecule has 0 aliphatic carbocycles. The molecule has 2 fully saturated rings. The lowest BCUT2D eigenvalue weighted by atomic mass is 9.87. The first-order chi connectivity index (χ1) is 16.6. The molecule has 3 unspecified atom stereocenters. The molecular formula is C24H24Cl3N3O4S. The van der Waals surface area contributed by atoms with E-state index in [-0.39, 0.29) is 18.2 Å². The number of nitrogens with one attached hydrogen (secondary N) is 2. The number of rotatable bonds is 7. The summed E-state index contributed by atoms with van der Waals surface area (Å²) in [6.45, 7) is 1.39. The number of esters is 1. The average Bonchev–Trinajstić information content (AvgIpc) is 2.81. The van der Waals surface area contributed by atoms with Crippen molar-refractivity contribution in [2.24, 2.45) is 0 Å². The number of nitrogens with zero attached hydrogens (tertiary/aromatic N) is 1. The fraction of sp³-hybridized carbons (Fsp3) is 0.375. The van der Waals surface area contributed by atoms with E-state index in [9.17, 15) is 14.4 Å². The summed E-state index contributed by atoms with van der Waals surface area (Å²) in [5.74, 6) is -0.842. The highest BCUT2D eigenvalue weighted by Crippen LogP contribution is 2.44. The molecule has 2 saturated heterocycles. The third kappa shape index (κ3) is 6.00. The number of thioether (sulfide) groups is 1. The Bertz CT molecular complexity index is 1090. The molecule has 2 aliphatic heterocycles. The van der Waals surface area contributed by atoms with Gasteiger partial charge in [-0.25, -0.2) is 4.79 Å². The molecule has 2 amide bonds. The average molecular weight is 557 g/mol. The van der Waals surface area contributed by atoms with Gasteiger partial charge >= 0.3 is 5.97 Å². The van der Waals surface area contributed by atoms with Gasteiger partial charge in [-0.1, -0.05) is 83.3 Å². The molecule has 0 aromatic heterocycles. The number of amides is 2. The topological polar surface area (TPSA) is 87.7 Å². The van der Waals surface area contributed by atoms with E-state index in [1.807, 2.05) is 67.6 Å². The molecule has 2 N–H and O–H groups in total. The second-order valence-corrected chi connectivity index (χ2v) is 12.3. The van der Waals surface area contributed by atoms with Crippen LogP contribution in [-0.2, 0) is 25.5 Å². The standard InChI is InChI=1S/C24H24Cl3N3O4S/c1-23(29-16-10-6-3-7-11-16)14-35-21-18(28-17(31)12-15-8-4-2-5-9-15)20(32)30(21)19(23)22(33)34-13-24(25,26)27/h2-11,18-19,21,29H,12-14H2,1H3,(H,28,31)/t18?,19?,21-,23?/m1/s1. The molecule has 0 radical (unpaired) electrons. The Morgan fingerprint density at radius 1 is 1.11 bits per heavy atom. The van der Waals surface area contributed by atoms with Crippen LogP contribution in [0.3, 0.4) is 0 Å². The quantitative estimate of drug-likeness (QED) is 0.307. The lowest BCUT2D eigenvalue weighted by Crippen LogP contribution is -2.80. The lowest BCUT2D eigenvalue weighted by molar-refractivity contribution is -0.168. The molecule has 4 atom stereocenters. The fourth-order valence-corrected chi connectivity index (χ4v) is 5.96. The molecule has 2 aromatic carbocycles. The van der Waals surface area contributed by atoms with Crippen LogP contribution in [0.5, 0.6) is 0 Å². The van der Waals surface area contributed by atoms with Crippen molar-refractivity contribution in [1.29, 1.82) is 0 Å². The minimum atomic E-state index is -1.78.